The highest BCUT2D eigenvalue weighted by Crippen LogP contribution is 2.29. The standard InChI is InChI=1S/C16H16ClN3O2/c1-20(2)9-10-21-12-3-5-13(6-4-12)22-15-7-8-19-16(17)14(15)11-18/h3-8H,9-10H2,1-2H3. The summed E-state index contributed by atoms with van der Waals surface area (Å²) in [4.78, 5) is 5.90. The molecule has 0 fully saturated rings. The molecular weight excluding hydrogens is 302 g/mol. The van der Waals surface area contributed by atoms with Crippen LogP contribution in [0.3, 0.4) is 0 Å². The minimum atomic E-state index is 0.128. The van der Waals surface area contributed by atoms with E-state index in [1.807, 2.05) is 37.2 Å². The lowest BCUT2D eigenvalue weighted by Crippen LogP contribution is -2.19. The van der Waals surface area contributed by atoms with Crippen molar-refractivity contribution in [3.05, 3.63) is 47.2 Å². The second kappa shape index (κ2) is 7.64. The van der Waals surface area contributed by atoms with Crippen LogP contribution in [0.4, 0.5) is 0 Å². The Morgan fingerprint density at radius 3 is 2.50 bits per heavy atom. The minimum Gasteiger partial charge on any atom is -0.492 e. The highest BCUT2D eigenvalue weighted by molar-refractivity contribution is 6.30. The number of rotatable bonds is 6. The average molecular weight is 318 g/mol. The molecule has 0 amide bonds. The van der Waals surface area contributed by atoms with E-state index in [1.54, 1.807) is 18.2 Å². The van der Waals surface area contributed by atoms with Crippen molar-refractivity contribution in [2.75, 3.05) is 27.2 Å². The molecule has 0 radical (unpaired) electrons. The predicted molar refractivity (Wildman–Crippen MR) is 84.5 cm³/mol. The lowest BCUT2D eigenvalue weighted by Gasteiger charge is -2.12. The molecule has 2 rings (SSSR count). The summed E-state index contributed by atoms with van der Waals surface area (Å²) in [6, 6.07) is 10.8. The quantitative estimate of drug-likeness (QED) is 0.765. The number of ether oxygens (including phenoxy) is 2. The lowest BCUT2D eigenvalue weighted by atomic mass is 10.2. The van der Waals surface area contributed by atoms with Crippen LogP contribution < -0.4 is 9.47 Å². The largest absolute Gasteiger partial charge is 0.492 e. The van der Waals surface area contributed by atoms with E-state index >= 15 is 0 Å². The second-order valence-corrected chi connectivity index (χ2v) is 5.17. The van der Waals surface area contributed by atoms with Crippen LogP contribution in [0.1, 0.15) is 5.56 Å². The van der Waals surface area contributed by atoms with Gasteiger partial charge in [-0.2, -0.15) is 5.26 Å². The number of benzene rings is 1. The molecule has 2 aromatic rings. The van der Waals surface area contributed by atoms with Gasteiger partial charge in [-0.05, 0) is 38.4 Å². The summed E-state index contributed by atoms with van der Waals surface area (Å²) >= 11 is 5.87. The van der Waals surface area contributed by atoms with Crippen LogP contribution in [0.25, 0.3) is 0 Å². The first-order chi connectivity index (χ1) is 10.6. The van der Waals surface area contributed by atoms with Crippen LogP contribution in [0, 0.1) is 11.3 Å². The van der Waals surface area contributed by atoms with Crippen molar-refractivity contribution >= 4 is 11.6 Å². The summed E-state index contributed by atoms with van der Waals surface area (Å²) in [6.45, 7) is 1.46. The molecule has 0 unspecified atom stereocenters. The Morgan fingerprint density at radius 2 is 1.86 bits per heavy atom. The zero-order valence-corrected chi connectivity index (χ0v) is 13.2. The summed E-state index contributed by atoms with van der Waals surface area (Å²) in [7, 11) is 3.99. The molecular formula is C16H16ClN3O2. The molecule has 1 heterocycles. The van der Waals surface area contributed by atoms with Crippen molar-refractivity contribution in [1.82, 2.24) is 9.88 Å². The van der Waals surface area contributed by atoms with Crippen LogP contribution in [-0.2, 0) is 0 Å². The van der Waals surface area contributed by atoms with Crippen LogP contribution in [0.5, 0.6) is 17.2 Å². The van der Waals surface area contributed by atoms with Gasteiger partial charge in [-0.1, -0.05) is 11.6 Å². The number of hydrogen-bond donors (Lipinski definition) is 0. The molecule has 5 nitrogen and oxygen atoms in total. The fourth-order valence-corrected chi connectivity index (χ4v) is 1.87. The maximum Gasteiger partial charge on any atom is 0.150 e. The molecule has 0 spiro atoms. The van der Waals surface area contributed by atoms with Gasteiger partial charge in [0.2, 0.25) is 0 Å². The predicted octanol–water partition coefficient (Wildman–Crippen LogP) is 3.34. The number of nitrogens with zero attached hydrogens (tertiary/aromatic N) is 3. The third kappa shape index (κ3) is 4.35. The summed E-state index contributed by atoms with van der Waals surface area (Å²) in [5.74, 6) is 1.74. The summed E-state index contributed by atoms with van der Waals surface area (Å²) in [6.07, 6.45) is 1.50. The SMILES string of the molecule is CN(C)CCOc1ccc(Oc2ccnc(Cl)c2C#N)cc1. The molecule has 6 heteroatoms. The molecule has 0 saturated heterocycles. The molecule has 0 atom stereocenters. The van der Waals surface area contributed by atoms with Gasteiger partial charge in [0.1, 0.15) is 35.5 Å². The van der Waals surface area contributed by atoms with Crippen LogP contribution in [-0.4, -0.2) is 37.1 Å². The highest BCUT2D eigenvalue weighted by Gasteiger charge is 2.09. The normalized spacial score (nSPS) is 10.3. The third-order valence-electron chi connectivity index (χ3n) is 2.84. The maximum atomic E-state index is 9.08. The van der Waals surface area contributed by atoms with Crippen molar-refractivity contribution in [3.63, 3.8) is 0 Å². The third-order valence-corrected chi connectivity index (χ3v) is 3.12. The molecule has 0 aliphatic rings. The molecule has 1 aromatic carbocycles. The summed E-state index contributed by atoms with van der Waals surface area (Å²) in [5, 5.41) is 9.21. The number of halogens is 1. The van der Waals surface area contributed by atoms with Gasteiger partial charge in [0.05, 0.1) is 0 Å². The van der Waals surface area contributed by atoms with Crippen LogP contribution in [0.15, 0.2) is 36.5 Å². The lowest BCUT2D eigenvalue weighted by molar-refractivity contribution is 0.261. The van der Waals surface area contributed by atoms with Gasteiger partial charge in [-0.25, -0.2) is 4.98 Å². The first kappa shape index (κ1) is 16.1. The van der Waals surface area contributed by atoms with Crippen molar-refractivity contribution in [2.45, 2.75) is 0 Å². The molecule has 0 saturated carbocycles. The number of hydrogen-bond acceptors (Lipinski definition) is 5. The van der Waals surface area contributed by atoms with Gasteiger partial charge in [0.15, 0.2) is 5.15 Å². The van der Waals surface area contributed by atoms with E-state index in [0.29, 0.717) is 18.1 Å². The fraction of sp³-hybridized carbons (Fsp3) is 0.250. The van der Waals surface area contributed by atoms with E-state index in [2.05, 4.69) is 4.98 Å². The van der Waals surface area contributed by atoms with Gasteiger partial charge in [0.25, 0.3) is 0 Å². The molecule has 0 aliphatic carbocycles. The molecule has 0 N–H and O–H groups in total. The van der Waals surface area contributed by atoms with Crippen LogP contribution >= 0.6 is 11.6 Å². The maximum absolute atomic E-state index is 9.08. The van der Waals surface area contributed by atoms with Gasteiger partial charge >= 0.3 is 0 Å². The first-order valence-electron chi connectivity index (χ1n) is 6.70. The smallest absolute Gasteiger partial charge is 0.150 e. The molecule has 1 aromatic heterocycles. The Bertz CT molecular complexity index is 666. The number of nitriles is 1. The topological polar surface area (TPSA) is 58.4 Å². The van der Waals surface area contributed by atoms with Gasteiger partial charge in [-0.15, -0.1) is 0 Å². The fourth-order valence-electron chi connectivity index (χ4n) is 1.68. The monoisotopic (exact) mass is 317 g/mol. The van der Waals surface area contributed by atoms with Crippen molar-refractivity contribution in [3.8, 4) is 23.3 Å². The van der Waals surface area contributed by atoms with E-state index < -0.39 is 0 Å². The van der Waals surface area contributed by atoms with E-state index in [0.717, 1.165) is 12.3 Å². The highest BCUT2D eigenvalue weighted by atomic mass is 35.5. The molecule has 114 valence electrons. The Hall–Kier alpha value is -2.29. The Morgan fingerprint density at radius 1 is 1.18 bits per heavy atom. The second-order valence-electron chi connectivity index (χ2n) is 4.81. The van der Waals surface area contributed by atoms with Crippen molar-refractivity contribution in [1.29, 1.82) is 5.26 Å². The van der Waals surface area contributed by atoms with Crippen LogP contribution in [0.2, 0.25) is 5.15 Å². The van der Waals surface area contributed by atoms with Gasteiger partial charge < -0.3 is 14.4 Å². The van der Waals surface area contributed by atoms with E-state index in [-0.39, 0.29) is 10.7 Å². The summed E-state index contributed by atoms with van der Waals surface area (Å²) in [5.41, 5.74) is 0.218. The Labute approximate surface area is 134 Å². The zero-order valence-electron chi connectivity index (χ0n) is 12.4. The number of pyridine rings is 1. The van der Waals surface area contributed by atoms with E-state index in [1.165, 1.54) is 6.20 Å². The van der Waals surface area contributed by atoms with Crippen molar-refractivity contribution < 1.29 is 9.47 Å². The van der Waals surface area contributed by atoms with E-state index in [9.17, 15) is 0 Å². The Kier molecular flexibility index (Phi) is 5.59. The first-order valence-corrected chi connectivity index (χ1v) is 7.08. The molecule has 0 aliphatic heterocycles. The van der Waals surface area contributed by atoms with Gasteiger partial charge in [-0.3, -0.25) is 0 Å². The summed E-state index contributed by atoms with van der Waals surface area (Å²) < 4.78 is 11.3. The van der Waals surface area contributed by atoms with Crippen molar-refractivity contribution in [2.24, 2.45) is 0 Å². The average Bonchev–Trinajstić information content (AvgIpc) is 2.49. The molecule has 22 heavy (non-hydrogen) atoms. The van der Waals surface area contributed by atoms with E-state index in [4.69, 9.17) is 26.3 Å². The van der Waals surface area contributed by atoms with Gasteiger partial charge in [0, 0.05) is 18.8 Å². The Balaban J connectivity index is 2.03. The number of likely N-dealkylation sites (N-methyl/N-ethyl adjacent to an activating group) is 1. The molecule has 0 bridgehead atoms. The zero-order chi connectivity index (χ0) is 15.9. The minimum absolute atomic E-state index is 0.128. The number of aromatic nitrogens is 1.